The fourth-order valence-electron chi connectivity index (χ4n) is 3.42. The summed E-state index contributed by atoms with van der Waals surface area (Å²) in [6, 6.07) is -0.613. The molecule has 0 saturated carbocycles. The fraction of sp³-hybridized carbons (Fsp3) is 0.800. The molecule has 3 amide bonds. The number of carbonyl (C=O) groups excluding carboxylic acids is 3. The third kappa shape index (κ3) is 20.4. The predicted octanol–water partition coefficient (Wildman–Crippen LogP) is 4.86. The largest absolute Gasteiger partial charge is 0.368 e. The number of nitrogens with one attached hydrogen (secondary N) is 2. The molecular formula is C25H47N3O3S. The molecule has 0 unspecified atom stereocenters. The fourth-order valence-corrected chi connectivity index (χ4v) is 3.90. The van der Waals surface area contributed by atoms with Gasteiger partial charge in [0.15, 0.2) is 0 Å². The number of amides is 3. The molecule has 0 saturated heterocycles. The van der Waals surface area contributed by atoms with E-state index in [0.29, 0.717) is 12.8 Å². The van der Waals surface area contributed by atoms with Crippen molar-refractivity contribution >= 4 is 29.5 Å². The lowest BCUT2D eigenvalue weighted by Crippen LogP contribution is -2.48. The zero-order chi connectivity index (χ0) is 23.9. The first-order valence-electron chi connectivity index (χ1n) is 12.5. The Kier molecular flexibility index (Phi) is 21.6. The van der Waals surface area contributed by atoms with Gasteiger partial charge in [0, 0.05) is 6.42 Å². The van der Waals surface area contributed by atoms with Crippen molar-refractivity contribution in [3.8, 4) is 0 Å². The lowest BCUT2D eigenvalue weighted by Gasteiger charge is -2.17. The maximum absolute atomic E-state index is 12.2. The molecule has 0 spiro atoms. The van der Waals surface area contributed by atoms with Crippen molar-refractivity contribution < 1.29 is 14.4 Å². The Balaban J connectivity index is 3.75. The summed E-state index contributed by atoms with van der Waals surface area (Å²) >= 11 is 1.61. The van der Waals surface area contributed by atoms with Crippen LogP contribution in [0.3, 0.4) is 0 Å². The average molecular weight is 470 g/mol. The van der Waals surface area contributed by atoms with Crippen LogP contribution in [-0.4, -0.2) is 42.3 Å². The van der Waals surface area contributed by atoms with Crippen LogP contribution in [0.15, 0.2) is 12.2 Å². The average Bonchev–Trinajstić information content (AvgIpc) is 2.77. The molecule has 6 nitrogen and oxygen atoms in total. The van der Waals surface area contributed by atoms with Gasteiger partial charge in [0.1, 0.15) is 6.04 Å². The van der Waals surface area contributed by atoms with Crippen molar-refractivity contribution in [1.29, 1.82) is 0 Å². The summed E-state index contributed by atoms with van der Waals surface area (Å²) in [5.74, 6) is -0.303. The van der Waals surface area contributed by atoms with E-state index in [2.05, 4.69) is 29.7 Å². The van der Waals surface area contributed by atoms with Gasteiger partial charge in [-0.3, -0.25) is 14.4 Å². The van der Waals surface area contributed by atoms with Crippen molar-refractivity contribution in [3.63, 3.8) is 0 Å². The van der Waals surface area contributed by atoms with Crippen LogP contribution in [0.4, 0.5) is 0 Å². The molecule has 0 aliphatic carbocycles. The van der Waals surface area contributed by atoms with Crippen LogP contribution in [-0.2, 0) is 14.4 Å². The molecule has 4 N–H and O–H groups in total. The van der Waals surface area contributed by atoms with Crippen molar-refractivity contribution in [2.75, 3.05) is 18.6 Å². The molecule has 0 fully saturated rings. The molecule has 1 atom stereocenters. The van der Waals surface area contributed by atoms with Gasteiger partial charge in [-0.15, -0.1) is 0 Å². The Morgan fingerprint density at radius 2 is 1.44 bits per heavy atom. The Bertz CT molecular complexity index is 527. The molecule has 0 aromatic carbocycles. The maximum Gasteiger partial charge on any atom is 0.243 e. The van der Waals surface area contributed by atoms with Gasteiger partial charge in [0.25, 0.3) is 0 Å². The van der Waals surface area contributed by atoms with E-state index in [9.17, 15) is 14.4 Å². The van der Waals surface area contributed by atoms with Crippen LogP contribution in [0.1, 0.15) is 103 Å². The molecule has 0 aromatic heterocycles. The number of allylic oxidation sites excluding steroid dienone is 2. The summed E-state index contributed by atoms with van der Waals surface area (Å²) in [6.07, 6.45) is 23.4. The topological polar surface area (TPSA) is 101 Å². The highest BCUT2D eigenvalue weighted by molar-refractivity contribution is 7.98. The van der Waals surface area contributed by atoms with Crippen LogP contribution in [0.5, 0.6) is 0 Å². The number of primary amides is 1. The molecular weight excluding hydrogens is 422 g/mol. The molecule has 0 aliphatic heterocycles. The molecule has 0 heterocycles. The maximum atomic E-state index is 12.2. The number of rotatable bonds is 22. The van der Waals surface area contributed by atoms with Crippen LogP contribution < -0.4 is 16.4 Å². The first kappa shape index (κ1) is 30.5. The van der Waals surface area contributed by atoms with Crippen LogP contribution >= 0.6 is 11.8 Å². The standard InChI is InChI=1S/C25H47N3O3S/c1-3-4-5-6-7-8-9-10-11-12-13-14-15-16-17-18-24(30)28-22(19-20-32-2)25(31)27-21-23(26)29/h10-11,22H,3-9,12-21H2,1-2H3,(H2,26,29)(H,27,31)(H,28,30)/b11-10+/t22-/m0/s1. The summed E-state index contributed by atoms with van der Waals surface area (Å²) in [7, 11) is 0. The van der Waals surface area contributed by atoms with Crippen molar-refractivity contribution in [2.45, 2.75) is 109 Å². The SMILES string of the molecule is CCCCCCCC/C=C/CCCCCCCC(=O)N[C@@H](CCSC)C(=O)NCC(N)=O. The van der Waals surface area contributed by atoms with Crippen LogP contribution in [0.2, 0.25) is 0 Å². The highest BCUT2D eigenvalue weighted by Gasteiger charge is 2.20. The van der Waals surface area contributed by atoms with Gasteiger partial charge in [0.2, 0.25) is 17.7 Å². The molecule has 186 valence electrons. The molecule has 0 aliphatic rings. The van der Waals surface area contributed by atoms with Gasteiger partial charge in [-0.1, -0.05) is 70.4 Å². The van der Waals surface area contributed by atoms with Crippen molar-refractivity contribution in [2.24, 2.45) is 5.73 Å². The van der Waals surface area contributed by atoms with E-state index in [0.717, 1.165) is 31.4 Å². The second-order valence-corrected chi connectivity index (χ2v) is 9.41. The van der Waals surface area contributed by atoms with Crippen molar-refractivity contribution in [1.82, 2.24) is 10.6 Å². The smallest absolute Gasteiger partial charge is 0.243 e. The summed E-state index contributed by atoms with van der Waals surface area (Å²) in [5.41, 5.74) is 5.06. The number of hydrogen-bond donors (Lipinski definition) is 3. The zero-order valence-corrected chi connectivity index (χ0v) is 21.3. The highest BCUT2D eigenvalue weighted by Crippen LogP contribution is 2.10. The Labute approximate surface area is 200 Å². The third-order valence-corrected chi connectivity index (χ3v) is 6.01. The summed E-state index contributed by atoms with van der Waals surface area (Å²) in [6.45, 7) is 2.04. The Morgan fingerprint density at radius 3 is 2.00 bits per heavy atom. The van der Waals surface area contributed by atoms with Gasteiger partial charge in [-0.25, -0.2) is 0 Å². The summed E-state index contributed by atoms with van der Waals surface area (Å²) < 4.78 is 0. The molecule has 32 heavy (non-hydrogen) atoms. The zero-order valence-electron chi connectivity index (χ0n) is 20.5. The van der Waals surface area contributed by atoms with E-state index in [1.54, 1.807) is 11.8 Å². The van der Waals surface area contributed by atoms with E-state index >= 15 is 0 Å². The normalized spacial score (nSPS) is 12.1. The van der Waals surface area contributed by atoms with Gasteiger partial charge >= 0.3 is 0 Å². The van der Waals surface area contributed by atoms with Crippen LogP contribution in [0, 0.1) is 0 Å². The van der Waals surface area contributed by atoms with Gasteiger partial charge < -0.3 is 16.4 Å². The lowest BCUT2D eigenvalue weighted by atomic mass is 10.1. The monoisotopic (exact) mass is 469 g/mol. The number of thioether (sulfide) groups is 1. The Hall–Kier alpha value is -1.50. The first-order chi connectivity index (χ1) is 15.5. The second kappa shape index (κ2) is 22.7. The number of unbranched alkanes of at least 4 members (excludes halogenated alkanes) is 11. The van der Waals surface area contributed by atoms with E-state index in [-0.39, 0.29) is 18.4 Å². The van der Waals surface area contributed by atoms with E-state index in [1.807, 2.05) is 6.26 Å². The predicted molar refractivity (Wildman–Crippen MR) is 137 cm³/mol. The van der Waals surface area contributed by atoms with Crippen LogP contribution in [0.25, 0.3) is 0 Å². The number of hydrogen-bond acceptors (Lipinski definition) is 4. The minimum atomic E-state index is -0.613. The van der Waals surface area contributed by atoms with Gasteiger partial charge in [0.05, 0.1) is 6.54 Å². The summed E-state index contributed by atoms with van der Waals surface area (Å²) in [4.78, 5) is 35.2. The molecule has 0 rings (SSSR count). The molecule has 0 aromatic rings. The minimum absolute atomic E-state index is 0.108. The molecule has 0 bridgehead atoms. The van der Waals surface area contributed by atoms with E-state index in [4.69, 9.17) is 5.73 Å². The number of nitrogens with two attached hydrogens (primary N) is 1. The lowest BCUT2D eigenvalue weighted by molar-refractivity contribution is -0.130. The van der Waals surface area contributed by atoms with E-state index < -0.39 is 11.9 Å². The molecule has 0 radical (unpaired) electrons. The molecule has 7 heteroatoms. The second-order valence-electron chi connectivity index (χ2n) is 8.42. The Morgan fingerprint density at radius 1 is 0.875 bits per heavy atom. The van der Waals surface area contributed by atoms with E-state index in [1.165, 1.54) is 57.8 Å². The third-order valence-electron chi connectivity index (χ3n) is 5.36. The summed E-state index contributed by atoms with van der Waals surface area (Å²) in [5, 5.41) is 5.27. The first-order valence-corrected chi connectivity index (χ1v) is 13.9. The van der Waals surface area contributed by atoms with Crippen molar-refractivity contribution in [3.05, 3.63) is 12.2 Å². The quantitative estimate of drug-likeness (QED) is 0.156. The number of carbonyl (C=O) groups is 3. The highest BCUT2D eigenvalue weighted by atomic mass is 32.2. The van der Waals surface area contributed by atoms with Gasteiger partial charge in [-0.2, -0.15) is 11.8 Å². The van der Waals surface area contributed by atoms with Gasteiger partial charge in [-0.05, 0) is 50.5 Å². The minimum Gasteiger partial charge on any atom is -0.368 e.